The highest BCUT2D eigenvalue weighted by molar-refractivity contribution is 14.0. The van der Waals surface area contributed by atoms with Crippen molar-refractivity contribution in [3.05, 3.63) is 35.4 Å². The van der Waals surface area contributed by atoms with Crippen LogP contribution in [0.5, 0.6) is 0 Å². The van der Waals surface area contributed by atoms with Gasteiger partial charge in [-0.25, -0.2) is 0 Å². The summed E-state index contributed by atoms with van der Waals surface area (Å²) in [5.74, 6) is 0.716. The van der Waals surface area contributed by atoms with Crippen molar-refractivity contribution < 1.29 is 17.9 Å². The highest BCUT2D eigenvalue weighted by Crippen LogP contribution is 2.29. The topological polar surface area (TPSA) is 48.9 Å². The third-order valence-electron chi connectivity index (χ3n) is 4.51. The van der Waals surface area contributed by atoms with Gasteiger partial charge in [0.2, 0.25) is 0 Å². The van der Waals surface area contributed by atoms with Crippen LogP contribution in [0.1, 0.15) is 24.0 Å². The van der Waals surface area contributed by atoms with Gasteiger partial charge in [0.1, 0.15) is 0 Å². The number of alkyl halides is 3. The minimum absolute atomic E-state index is 0. The minimum atomic E-state index is -4.29. The lowest BCUT2D eigenvalue weighted by molar-refractivity contribution is -0.137. The van der Waals surface area contributed by atoms with E-state index >= 15 is 0 Å². The number of morpholine rings is 1. The van der Waals surface area contributed by atoms with E-state index in [4.69, 9.17) is 4.74 Å². The normalized spacial score (nSPS) is 15.8. The van der Waals surface area contributed by atoms with Crippen molar-refractivity contribution in [3.8, 4) is 0 Å². The van der Waals surface area contributed by atoms with Gasteiger partial charge in [-0.15, -0.1) is 24.0 Å². The Balaban J connectivity index is 0.00000392. The summed E-state index contributed by atoms with van der Waals surface area (Å²) in [6, 6.07) is 5.28. The first kappa shape index (κ1) is 25.0. The summed E-state index contributed by atoms with van der Waals surface area (Å²) in [5.41, 5.74) is 0.241. The Morgan fingerprint density at radius 1 is 1.07 bits per heavy atom. The number of aliphatic imine (C=N–C) groups is 1. The number of nitrogens with one attached hydrogen (secondary N) is 2. The fourth-order valence-corrected chi connectivity index (χ4v) is 2.90. The number of hydrogen-bond acceptors (Lipinski definition) is 3. The average Bonchev–Trinajstić information content (AvgIpc) is 2.67. The molecule has 0 radical (unpaired) electrons. The molecule has 160 valence electrons. The third kappa shape index (κ3) is 9.42. The number of halogens is 4. The van der Waals surface area contributed by atoms with Crippen LogP contribution < -0.4 is 10.6 Å². The molecule has 0 aliphatic carbocycles. The van der Waals surface area contributed by atoms with Crippen LogP contribution in [-0.4, -0.2) is 63.8 Å². The molecule has 0 unspecified atom stereocenters. The van der Waals surface area contributed by atoms with E-state index < -0.39 is 11.7 Å². The number of guanidine groups is 1. The van der Waals surface area contributed by atoms with Gasteiger partial charge in [0, 0.05) is 33.2 Å². The van der Waals surface area contributed by atoms with Crippen LogP contribution in [0.25, 0.3) is 0 Å². The van der Waals surface area contributed by atoms with Gasteiger partial charge in [-0.3, -0.25) is 9.89 Å². The van der Waals surface area contributed by atoms with E-state index in [1.54, 1.807) is 7.05 Å². The fraction of sp³-hybridized carbons (Fsp3) is 0.632. The van der Waals surface area contributed by atoms with Crippen molar-refractivity contribution in [1.82, 2.24) is 15.5 Å². The molecule has 1 heterocycles. The van der Waals surface area contributed by atoms with Gasteiger partial charge in [-0.2, -0.15) is 13.2 Å². The molecule has 5 nitrogen and oxygen atoms in total. The Bertz CT molecular complexity index is 576. The Labute approximate surface area is 182 Å². The fourth-order valence-electron chi connectivity index (χ4n) is 2.90. The van der Waals surface area contributed by atoms with E-state index in [0.717, 1.165) is 69.9 Å². The zero-order chi connectivity index (χ0) is 19.5. The molecule has 1 fully saturated rings. The second-order valence-corrected chi connectivity index (χ2v) is 6.53. The van der Waals surface area contributed by atoms with E-state index in [1.807, 2.05) is 0 Å². The molecule has 0 saturated carbocycles. The SMILES string of the molecule is CN=C(NCCCCN1CCOCC1)NCCc1ccc(C(F)(F)F)cc1.I. The van der Waals surface area contributed by atoms with E-state index in [1.165, 1.54) is 12.1 Å². The number of ether oxygens (including phenoxy) is 1. The lowest BCUT2D eigenvalue weighted by Crippen LogP contribution is -2.39. The first-order chi connectivity index (χ1) is 13.0. The molecular formula is C19H30F3IN4O. The van der Waals surface area contributed by atoms with Gasteiger partial charge in [-0.1, -0.05) is 12.1 Å². The Morgan fingerprint density at radius 2 is 1.71 bits per heavy atom. The van der Waals surface area contributed by atoms with Gasteiger partial charge < -0.3 is 15.4 Å². The molecule has 0 aromatic heterocycles. The number of benzene rings is 1. The zero-order valence-electron chi connectivity index (χ0n) is 16.2. The number of rotatable bonds is 8. The lowest BCUT2D eigenvalue weighted by Gasteiger charge is -2.26. The molecule has 1 aliphatic rings. The molecule has 1 saturated heterocycles. The maximum absolute atomic E-state index is 12.6. The van der Waals surface area contributed by atoms with Gasteiger partial charge in [0.15, 0.2) is 5.96 Å². The Morgan fingerprint density at radius 3 is 2.32 bits per heavy atom. The molecule has 1 aliphatic heterocycles. The summed E-state index contributed by atoms with van der Waals surface area (Å²) in [6.07, 6.45) is -1.48. The summed E-state index contributed by atoms with van der Waals surface area (Å²) in [4.78, 5) is 6.59. The zero-order valence-corrected chi connectivity index (χ0v) is 18.6. The number of unbranched alkanes of at least 4 members (excludes halogenated alkanes) is 1. The average molecular weight is 514 g/mol. The molecule has 9 heteroatoms. The second-order valence-electron chi connectivity index (χ2n) is 6.53. The first-order valence-electron chi connectivity index (χ1n) is 9.40. The predicted octanol–water partition coefficient (Wildman–Crippen LogP) is 3.14. The van der Waals surface area contributed by atoms with Crippen LogP contribution in [0.2, 0.25) is 0 Å². The summed E-state index contributed by atoms with van der Waals surface area (Å²) in [7, 11) is 1.71. The molecule has 0 bridgehead atoms. The van der Waals surface area contributed by atoms with Crippen LogP contribution in [0, 0.1) is 0 Å². The summed E-state index contributed by atoms with van der Waals surface area (Å²) in [6.45, 7) is 6.22. The third-order valence-corrected chi connectivity index (χ3v) is 4.51. The minimum Gasteiger partial charge on any atom is -0.379 e. The van der Waals surface area contributed by atoms with Crippen molar-refractivity contribution in [2.45, 2.75) is 25.4 Å². The smallest absolute Gasteiger partial charge is 0.379 e. The lowest BCUT2D eigenvalue weighted by atomic mass is 10.1. The highest BCUT2D eigenvalue weighted by Gasteiger charge is 2.29. The monoisotopic (exact) mass is 514 g/mol. The van der Waals surface area contributed by atoms with Crippen LogP contribution >= 0.6 is 24.0 Å². The molecule has 28 heavy (non-hydrogen) atoms. The molecule has 0 spiro atoms. The predicted molar refractivity (Wildman–Crippen MR) is 116 cm³/mol. The van der Waals surface area contributed by atoms with Crippen molar-refractivity contribution in [1.29, 1.82) is 0 Å². The van der Waals surface area contributed by atoms with Crippen LogP contribution in [0.4, 0.5) is 13.2 Å². The van der Waals surface area contributed by atoms with Crippen LogP contribution in [0.3, 0.4) is 0 Å². The van der Waals surface area contributed by atoms with Crippen molar-refractivity contribution >= 4 is 29.9 Å². The molecular weight excluding hydrogens is 484 g/mol. The summed E-state index contributed by atoms with van der Waals surface area (Å²) in [5, 5.41) is 6.46. The van der Waals surface area contributed by atoms with Crippen LogP contribution in [0.15, 0.2) is 29.3 Å². The van der Waals surface area contributed by atoms with Crippen molar-refractivity contribution in [2.75, 3.05) is 53.0 Å². The molecule has 2 rings (SSSR count). The van der Waals surface area contributed by atoms with E-state index in [-0.39, 0.29) is 24.0 Å². The Kier molecular flexibility index (Phi) is 11.8. The van der Waals surface area contributed by atoms with Gasteiger partial charge in [0.05, 0.1) is 18.8 Å². The number of nitrogens with zero attached hydrogens (tertiary/aromatic N) is 2. The Hall–Kier alpha value is -1.07. The van der Waals surface area contributed by atoms with Gasteiger partial charge >= 0.3 is 6.18 Å². The summed E-state index contributed by atoms with van der Waals surface area (Å²) < 4.78 is 43.0. The van der Waals surface area contributed by atoms with E-state index in [9.17, 15) is 13.2 Å². The van der Waals surface area contributed by atoms with Gasteiger partial charge in [-0.05, 0) is 43.5 Å². The maximum Gasteiger partial charge on any atom is 0.416 e. The maximum atomic E-state index is 12.6. The van der Waals surface area contributed by atoms with E-state index in [0.29, 0.717) is 18.9 Å². The molecule has 0 atom stereocenters. The summed E-state index contributed by atoms with van der Waals surface area (Å²) >= 11 is 0. The van der Waals surface area contributed by atoms with Crippen molar-refractivity contribution in [3.63, 3.8) is 0 Å². The molecule has 0 amide bonds. The molecule has 1 aromatic carbocycles. The quantitative estimate of drug-likeness (QED) is 0.242. The van der Waals surface area contributed by atoms with Crippen LogP contribution in [-0.2, 0) is 17.3 Å². The van der Waals surface area contributed by atoms with Crippen molar-refractivity contribution in [2.24, 2.45) is 4.99 Å². The second kappa shape index (κ2) is 13.2. The molecule has 2 N–H and O–H groups in total. The standard InChI is InChI=1S/C19H29F3N4O.HI/c1-23-18(24-9-2-3-11-26-12-14-27-15-13-26)25-10-8-16-4-6-17(7-5-16)19(20,21)22;/h4-7H,2-3,8-15H2,1H3,(H2,23,24,25);1H. The highest BCUT2D eigenvalue weighted by atomic mass is 127. The largest absolute Gasteiger partial charge is 0.416 e. The van der Waals surface area contributed by atoms with E-state index in [2.05, 4.69) is 20.5 Å². The molecule has 1 aromatic rings. The number of hydrogen-bond donors (Lipinski definition) is 2. The van der Waals surface area contributed by atoms with Gasteiger partial charge in [0.25, 0.3) is 0 Å². The first-order valence-corrected chi connectivity index (χ1v) is 9.40.